The minimum Gasteiger partial charge on any atom is -0.370 e. The normalized spacial score (nSPS) is 15.1. The monoisotopic (exact) mass is 575 g/mol. The van der Waals surface area contributed by atoms with E-state index >= 15 is 0 Å². The lowest BCUT2D eigenvalue weighted by atomic mass is 9.57. The van der Waals surface area contributed by atoms with Crippen molar-refractivity contribution in [1.29, 1.82) is 0 Å². The number of pyridine rings is 1. The molecule has 1 spiro atoms. The Morgan fingerprint density at radius 1 is 1.07 bits per heavy atom. The number of fused-ring (bicyclic) bond motifs is 1. The Kier molecular flexibility index (Phi) is 14.2. The summed E-state index contributed by atoms with van der Waals surface area (Å²) in [6.07, 6.45) is 19.1. The van der Waals surface area contributed by atoms with Crippen molar-refractivity contribution in [3.63, 3.8) is 0 Å². The van der Waals surface area contributed by atoms with Gasteiger partial charge in [0.25, 0.3) is 5.56 Å². The number of nitrogens with two attached hydrogens (primary N) is 1. The molecule has 2 aliphatic rings. The first-order valence-electron chi connectivity index (χ1n) is 15.2. The van der Waals surface area contributed by atoms with Gasteiger partial charge in [0.1, 0.15) is 11.6 Å². The maximum Gasteiger partial charge on any atom is 0.257 e. The molecular formula is C34H49N5O3. The van der Waals surface area contributed by atoms with Crippen LogP contribution in [-0.2, 0) is 16.0 Å². The Morgan fingerprint density at radius 2 is 1.74 bits per heavy atom. The molecule has 0 unspecified atom stereocenters. The summed E-state index contributed by atoms with van der Waals surface area (Å²) in [5.74, 6) is 1.71. The van der Waals surface area contributed by atoms with Gasteiger partial charge >= 0.3 is 0 Å². The summed E-state index contributed by atoms with van der Waals surface area (Å²) in [5.41, 5.74) is 7.81. The van der Waals surface area contributed by atoms with E-state index in [1.165, 1.54) is 25.9 Å². The number of terminal acetylenes is 1. The lowest BCUT2D eigenvalue weighted by Gasteiger charge is -2.58. The highest BCUT2D eigenvalue weighted by Crippen LogP contribution is 2.52. The van der Waals surface area contributed by atoms with Crippen LogP contribution < -0.4 is 11.3 Å². The van der Waals surface area contributed by atoms with Crippen LogP contribution in [-0.4, -0.2) is 51.7 Å². The van der Waals surface area contributed by atoms with Gasteiger partial charge < -0.3 is 20.6 Å². The molecule has 8 nitrogen and oxygen atoms in total. The summed E-state index contributed by atoms with van der Waals surface area (Å²) in [4.78, 5) is 47.1. The summed E-state index contributed by atoms with van der Waals surface area (Å²) in [7, 11) is 2.15. The van der Waals surface area contributed by atoms with Crippen molar-refractivity contribution in [2.75, 3.05) is 20.1 Å². The first-order valence-corrected chi connectivity index (χ1v) is 15.2. The van der Waals surface area contributed by atoms with Crippen molar-refractivity contribution in [3.05, 3.63) is 52.7 Å². The van der Waals surface area contributed by atoms with Crippen molar-refractivity contribution in [3.8, 4) is 24.1 Å². The van der Waals surface area contributed by atoms with Crippen LogP contribution in [0.25, 0.3) is 22.2 Å². The van der Waals surface area contributed by atoms with Crippen molar-refractivity contribution in [2.45, 2.75) is 85.0 Å². The molecule has 2 fully saturated rings. The van der Waals surface area contributed by atoms with Crippen molar-refractivity contribution >= 4 is 22.6 Å². The number of imidazole rings is 1. The molecule has 228 valence electrons. The Labute approximate surface area is 250 Å². The van der Waals surface area contributed by atoms with E-state index in [1.807, 2.05) is 51.1 Å². The van der Waals surface area contributed by atoms with Crippen molar-refractivity contribution in [2.24, 2.45) is 17.1 Å². The molecule has 5 rings (SSSR count). The van der Waals surface area contributed by atoms with Gasteiger partial charge in [-0.15, -0.1) is 12.8 Å². The maximum atomic E-state index is 12.3. The molecule has 8 heteroatoms. The zero-order chi connectivity index (χ0) is 31.1. The van der Waals surface area contributed by atoms with Crippen molar-refractivity contribution in [1.82, 2.24) is 19.9 Å². The van der Waals surface area contributed by atoms with Crippen molar-refractivity contribution < 1.29 is 9.59 Å². The Balaban J connectivity index is 0.000000320. The molecule has 1 amide bonds. The van der Waals surface area contributed by atoms with Gasteiger partial charge in [0.05, 0.1) is 17.5 Å². The number of carbonyl (C=O) groups excluding carboxylic acids is 2. The third kappa shape index (κ3) is 9.99. The van der Waals surface area contributed by atoms with Crippen LogP contribution in [0.5, 0.6) is 0 Å². The second-order valence-electron chi connectivity index (χ2n) is 11.3. The number of benzene rings is 1. The predicted molar refractivity (Wildman–Crippen MR) is 172 cm³/mol. The number of para-hydroxylation sites is 1. The quantitative estimate of drug-likeness (QED) is 0.195. The molecule has 0 radical (unpaired) electrons. The number of hydrogen-bond acceptors (Lipinski definition) is 5. The number of aryl methyl sites for hydroxylation is 1. The number of unbranched alkanes of at least 4 members (excludes halogenated alkanes) is 3. The number of H-pyrrole nitrogens is 2. The average Bonchev–Trinajstić information content (AvgIpc) is 3.43. The fraction of sp³-hybridized carbons (Fsp3) is 0.529. The standard InChI is InChI=1S/C21H25N3O2.C9H16N2O.C2H6.C2H2/c1-2-16(25)10-5-3-4-6-12-20-22-14-19(23-20)17-13-15-9-7-8-11-18(15)24-21(17)26;1-11-5-9(6-11)3-7(4-9)2-8(10)12;2*1-2/h7-9,11,13-14H,2-6,10,12H2,1H3,(H,22,23)(H,24,26);7H,2-6H2,1H3,(H2,10,12);1-2H3;1-2H. The molecule has 3 aromatic rings. The highest BCUT2D eigenvalue weighted by molar-refractivity contribution is 5.82. The number of Topliss-reactive ketones (excluding diaryl/α,β-unsaturated/α-hetero) is 1. The molecule has 1 aromatic carbocycles. The summed E-state index contributed by atoms with van der Waals surface area (Å²) in [6.45, 7) is 8.36. The van der Waals surface area contributed by atoms with E-state index in [4.69, 9.17) is 5.73 Å². The summed E-state index contributed by atoms with van der Waals surface area (Å²) in [6, 6.07) is 9.64. The Bertz CT molecular complexity index is 1340. The molecular weight excluding hydrogens is 526 g/mol. The second-order valence-corrected chi connectivity index (χ2v) is 11.3. The molecule has 3 heterocycles. The van der Waals surface area contributed by atoms with Gasteiger partial charge in [-0.3, -0.25) is 14.4 Å². The number of aromatic amines is 2. The van der Waals surface area contributed by atoms with Gasteiger partial charge in [-0.1, -0.05) is 51.8 Å². The van der Waals surface area contributed by atoms with E-state index in [-0.39, 0.29) is 11.5 Å². The largest absolute Gasteiger partial charge is 0.370 e. The van der Waals surface area contributed by atoms with E-state index in [2.05, 4.69) is 39.7 Å². The topological polar surface area (TPSA) is 125 Å². The molecule has 1 saturated carbocycles. The summed E-state index contributed by atoms with van der Waals surface area (Å²) in [5, 5.41) is 1.000. The van der Waals surface area contributed by atoms with Crippen LogP contribution in [0, 0.1) is 24.2 Å². The Morgan fingerprint density at radius 3 is 2.38 bits per heavy atom. The minimum atomic E-state index is -0.137. The van der Waals surface area contributed by atoms with E-state index in [0.717, 1.165) is 54.5 Å². The van der Waals surface area contributed by atoms with E-state index < -0.39 is 0 Å². The van der Waals surface area contributed by atoms with Gasteiger partial charge in [-0.2, -0.15) is 0 Å². The zero-order valence-corrected chi connectivity index (χ0v) is 25.9. The average molecular weight is 576 g/mol. The Hall–Kier alpha value is -3.70. The summed E-state index contributed by atoms with van der Waals surface area (Å²) < 4.78 is 0. The maximum absolute atomic E-state index is 12.3. The number of nitrogens with one attached hydrogen (secondary N) is 2. The first-order chi connectivity index (χ1) is 20.3. The van der Waals surface area contributed by atoms with Gasteiger partial charge in [0, 0.05) is 44.3 Å². The lowest BCUT2D eigenvalue weighted by molar-refractivity contribution is -0.125. The SMILES string of the molecule is C#C.CC.CCC(=O)CCCCCCc1ncc(-c2cc3ccccc3[nH]c2=O)[nH]1.CN1CC2(CC(CC(N)=O)C2)C1. The van der Waals surface area contributed by atoms with E-state index in [1.54, 1.807) is 6.20 Å². The van der Waals surface area contributed by atoms with Gasteiger partial charge in [-0.05, 0) is 61.6 Å². The van der Waals surface area contributed by atoms with Gasteiger partial charge in [0.2, 0.25) is 5.91 Å². The van der Waals surface area contributed by atoms with Crippen LogP contribution in [0.15, 0.2) is 41.3 Å². The van der Waals surface area contributed by atoms with Crippen LogP contribution in [0.1, 0.15) is 84.4 Å². The number of aromatic nitrogens is 3. The van der Waals surface area contributed by atoms with Crippen LogP contribution >= 0.6 is 0 Å². The minimum absolute atomic E-state index is 0.112. The first kappa shape index (κ1) is 34.5. The zero-order valence-electron chi connectivity index (χ0n) is 25.9. The van der Waals surface area contributed by atoms with E-state index in [9.17, 15) is 14.4 Å². The third-order valence-corrected chi connectivity index (χ3v) is 7.83. The van der Waals surface area contributed by atoms with Gasteiger partial charge in [-0.25, -0.2) is 4.98 Å². The number of ketones is 1. The molecule has 1 aliphatic carbocycles. The third-order valence-electron chi connectivity index (χ3n) is 7.83. The molecule has 2 aromatic heterocycles. The number of likely N-dealkylation sites (tertiary alicyclic amines) is 1. The molecule has 4 N–H and O–H groups in total. The highest BCUT2D eigenvalue weighted by Gasteiger charge is 2.50. The predicted octanol–water partition coefficient (Wildman–Crippen LogP) is 5.87. The number of amides is 1. The highest BCUT2D eigenvalue weighted by atomic mass is 16.1. The summed E-state index contributed by atoms with van der Waals surface area (Å²) >= 11 is 0. The fourth-order valence-corrected chi connectivity index (χ4v) is 6.07. The number of hydrogen-bond donors (Lipinski definition) is 3. The van der Waals surface area contributed by atoms with E-state index in [0.29, 0.717) is 41.9 Å². The molecule has 42 heavy (non-hydrogen) atoms. The number of carbonyl (C=O) groups is 2. The number of primary amides is 1. The fourth-order valence-electron chi connectivity index (χ4n) is 6.07. The number of nitrogens with zero attached hydrogens (tertiary/aromatic N) is 2. The van der Waals surface area contributed by atoms with Crippen LogP contribution in [0.3, 0.4) is 0 Å². The number of rotatable bonds is 11. The smallest absolute Gasteiger partial charge is 0.257 e. The van der Waals surface area contributed by atoms with Crippen LogP contribution in [0.2, 0.25) is 0 Å². The van der Waals surface area contributed by atoms with Crippen LogP contribution in [0.4, 0.5) is 0 Å². The molecule has 1 aliphatic heterocycles. The molecule has 1 saturated heterocycles. The lowest BCUT2D eigenvalue weighted by Crippen LogP contribution is -2.60. The second kappa shape index (κ2) is 17.3. The molecule has 0 bridgehead atoms. The van der Waals surface area contributed by atoms with Gasteiger partial charge in [0.15, 0.2) is 0 Å². The molecule has 0 atom stereocenters.